The normalized spacial score (nSPS) is 10.4. The Hall–Kier alpha value is -2.24. The Balaban J connectivity index is 2.09. The van der Waals surface area contributed by atoms with Crippen molar-refractivity contribution in [2.75, 3.05) is 26.0 Å². The van der Waals surface area contributed by atoms with Gasteiger partial charge in [-0.05, 0) is 43.2 Å². The lowest BCUT2D eigenvalue weighted by molar-refractivity contribution is -0.116. The van der Waals surface area contributed by atoms with E-state index in [1.54, 1.807) is 0 Å². The summed E-state index contributed by atoms with van der Waals surface area (Å²) >= 11 is 12.1. The minimum Gasteiger partial charge on any atom is -0.494 e. The van der Waals surface area contributed by atoms with E-state index in [1.807, 2.05) is 32.0 Å². The van der Waals surface area contributed by atoms with Crippen LogP contribution in [-0.4, -0.2) is 37.4 Å². The van der Waals surface area contributed by atoms with Gasteiger partial charge in [-0.1, -0.05) is 35.3 Å². The van der Waals surface area contributed by atoms with Gasteiger partial charge in [0.25, 0.3) is 5.91 Å². The zero-order valence-electron chi connectivity index (χ0n) is 15.0. The maximum Gasteiger partial charge on any atom is 0.254 e. The van der Waals surface area contributed by atoms with Crippen molar-refractivity contribution < 1.29 is 14.3 Å². The number of carbonyl (C=O) groups is 2. The Kier molecular flexibility index (Phi) is 6.51. The van der Waals surface area contributed by atoms with Crippen molar-refractivity contribution in [2.45, 2.75) is 13.8 Å². The van der Waals surface area contributed by atoms with Crippen LogP contribution < -0.4 is 10.1 Å². The SMILES string of the molecule is COc1c(Cl)cc(C(=O)N(C)CC(=O)Nc2cc(C)ccc2C)cc1Cl. The monoisotopic (exact) mass is 394 g/mol. The lowest BCUT2D eigenvalue weighted by atomic mass is 10.1. The van der Waals surface area contributed by atoms with Gasteiger partial charge in [-0.3, -0.25) is 9.59 Å². The summed E-state index contributed by atoms with van der Waals surface area (Å²) in [5.74, 6) is -0.354. The number of aryl methyl sites for hydroxylation is 2. The van der Waals surface area contributed by atoms with Crippen molar-refractivity contribution in [3.8, 4) is 5.75 Å². The second-order valence-corrected chi connectivity index (χ2v) is 6.82. The molecule has 0 heterocycles. The molecule has 0 bridgehead atoms. The van der Waals surface area contributed by atoms with E-state index in [9.17, 15) is 9.59 Å². The number of anilines is 1. The number of ether oxygens (including phenoxy) is 1. The molecule has 0 fully saturated rings. The number of likely N-dealkylation sites (N-methyl/N-ethyl adjacent to an activating group) is 1. The van der Waals surface area contributed by atoms with Crippen LogP contribution in [0.15, 0.2) is 30.3 Å². The molecule has 0 saturated heterocycles. The maximum absolute atomic E-state index is 12.5. The molecule has 5 nitrogen and oxygen atoms in total. The van der Waals surface area contributed by atoms with E-state index in [0.717, 1.165) is 16.8 Å². The molecule has 1 N–H and O–H groups in total. The quantitative estimate of drug-likeness (QED) is 0.820. The van der Waals surface area contributed by atoms with Gasteiger partial charge in [-0.25, -0.2) is 0 Å². The fourth-order valence-electron chi connectivity index (χ4n) is 2.45. The second-order valence-electron chi connectivity index (χ2n) is 6.00. The third kappa shape index (κ3) is 4.68. The van der Waals surface area contributed by atoms with Crippen molar-refractivity contribution in [1.82, 2.24) is 4.90 Å². The number of rotatable bonds is 5. The molecule has 0 saturated carbocycles. The standard InChI is InChI=1S/C19H20Cl2N2O3/c1-11-5-6-12(2)16(7-11)22-17(24)10-23(3)19(25)13-8-14(20)18(26-4)15(21)9-13/h5-9H,10H2,1-4H3,(H,22,24). The molecule has 26 heavy (non-hydrogen) atoms. The van der Waals surface area contributed by atoms with E-state index in [2.05, 4.69) is 5.32 Å². The van der Waals surface area contributed by atoms with E-state index in [-0.39, 0.29) is 34.0 Å². The number of nitrogens with one attached hydrogen (secondary N) is 1. The Labute approximate surface area is 162 Å². The minimum atomic E-state index is -0.368. The smallest absolute Gasteiger partial charge is 0.254 e. The van der Waals surface area contributed by atoms with Gasteiger partial charge >= 0.3 is 0 Å². The van der Waals surface area contributed by atoms with E-state index < -0.39 is 0 Å². The van der Waals surface area contributed by atoms with E-state index in [0.29, 0.717) is 5.75 Å². The number of benzene rings is 2. The van der Waals surface area contributed by atoms with Gasteiger partial charge in [0.15, 0.2) is 5.75 Å². The van der Waals surface area contributed by atoms with Crippen molar-refractivity contribution in [1.29, 1.82) is 0 Å². The Morgan fingerprint density at radius 3 is 2.31 bits per heavy atom. The summed E-state index contributed by atoms with van der Waals surface area (Å²) in [6, 6.07) is 8.72. The second kappa shape index (κ2) is 8.43. The zero-order valence-corrected chi connectivity index (χ0v) is 16.5. The van der Waals surface area contributed by atoms with E-state index in [1.165, 1.54) is 31.2 Å². The van der Waals surface area contributed by atoms with Gasteiger partial charge < -0.3 is 15.0 Å². The summed E-state index contributed by atoms with van der Waals surface area (Å²) < 4.78 is 5.07. The summed E-state index contributed by atoms with van der Waals surface area (Å²) in [5.41, 5.74) is 3.00. The molecule has 2 aromatic rings. The van der Waals surface area contributed by atoms with E-state index >= 15 is 0 Å². The molecule has 0 aliphatic heterocycles. The van der Waals surface area contributed by atoms with Gasteiger partial charge in [0.2, 0.25) is 5.91 Å². The van der Waals surface area contributed by atoms with Crippen LogP contribution >= 0.6 is 23.2 Å². The van der Waals surface area contributed by atoms with E-state index in [4.69, 9.17) is 27.9 Å². The van der Waals surface area contributed by atoms with Crippen LogP contribution in [0.5, 0.6) is 5.75 Å². The van der Waals surface area contributed by atoms with Crippen LogP contribution in [0.3, 0.4) is 0 Å². The highest BCUT2D eigenvalue weighted by molar-refractivity contribution is 6.37. The molecule has 2 amide bonds. The summed E-state index contributed by atoms with van der Waals surface area (Å²) in [4.78, 5) is 26.1. The molecular weight excluding hydrogens is 375 g/mol. The highest BCUT2D eigenvalue weighted by Crippen LogP contribution is 2.34. The number of halogens is 2. The number of amides is 2. The lowest BCUT2D eigenvalue weighted by Crippen LogP contribution is -2.35. The average molecular weight is 395 g/mol. The number of hydrogen-bond acceptors (Lipinski definition) is 3. The molecular formula is C19H20Cl2N2O3. The third-order valence-corrected chi connectivity index (χ3v) is 4.41. The predicted octanol–water partition coefficient (Wildman–Crippen LogP) is 4.33. The first-order valence-electron chi connectivity index (χ1n) is 7.88. The summed E-state index contributed by atoms with van der Waals surface area (Å²) in [7, 11) is 2.98. The van der Waals surface area contributed by atoms with Crippen LogP contribution in [-0.2, 0) is 4.79 Å². The van der Waals surface area contributed by atoms with Crippen molar-refractivity contribution in [3.63, 3.8) is 0 Å². The lowest BCUT2D eigenvalue weighted by Gasteiger charge is -2.18. The number of nitrogens with zero attached hydrogens (tertiary/aromatic N) is 1. The highest BCUT2D eigenvalue weighted by Gasteiger charge is 2.19. The molecule has 138 valence electrons. The zero-order chi connectivity index (χ0) is 19.4. The van der Waals surface area contributed by atoms with Crippen LogP contribution in [0.4, 0.5) is 5.69 Å². The molecule has 0 aromatic heterocycles. The summed E-state index contributed by atoms with van der Waals surface area (Å²) in [6.45, 7) is 3.75. The molecule has 7 heteroatoms. The van der Waals surface area contributed by atoms with Crippen LogP contribution in [0.2, 0.25) is 10.0 Å². The first kappa shape index (κ1) is 20.1. The van der Waals surface area contributed by atoms with Crippen molar-refractivity contribution >= 4 is 40.7 Å². The Morgan fingerprint density at radius 1 is 1.12 bits per heavy atom. The fraction of sp³-hybridized carbons (Fsp3) is 0.263. The third-order valence-electron chi connectivity index (χ3n) is 3.84. The van der Waals surface area contributed by atoms with Gasteiger partial charge in [-0.2, -0.15) is 0 Å². The maximum atomic E-state index is 12.5. The number of carbonyl (C=O) groups excluding carboxylic acids is 2. The highest BCUT2D eigenvalue weighted by atomic mass is 35.5. The molecule has 0 spiro atoms. The predicted molar refractivity (Wildman–Crippen MR) is 105 cm³/mol. The van der Waals surface area contributed by atoms with Crippen LogP contribution in [0, 0.1) is 13.8 Å². The minimum absolute atomic E-state index is 0.104. The molecule has 0 atom stereocenters. The van der Waals surface area contributed by atoms with Crippen molar-refractivity contribution in [2.24, 2.45) is 0 Å². The van der Waals surface area contributed by atoms with Crippen molar-refractivity contribution in [3.05, 3.63) is 57.1 Å². The van der Waals surface area contributed by atoms with Gasteiger partial charge in [0.1, 0.15) is 0 Å². The first-order chi connectivity index (χ1) is 12.2. The molecule has 2 rings (SSSR count). The summed E-state index contributed by atoms with van der Waals surface area (Å²) in [6.07, 6.45) is 0. The average Bonchev–Trinajstić information content (AvgIpc) is 2.57. The largest absolute Gasteiger partial charge is 0.494 e. The first-order valence-corrected chi connectivity index (χ1v) is 8.64. The number of hydrogen-bond donors (Lipinski definition) is 1. The molecule has 0 aliphatic rings. The molecule has 0 aliphatic carbocycles. The molecule has 0 unspecified atom stereocenters. The molecule has 2 aromatic carbocycles. The van der Waals surface area contributed by atoms with Gasteiger partial charge in [0, 0.05) is 18.3 Å². The van der Waals surface area contributed by atoms with Crippen LogP contribution in [0.1, 0.15) is 21.5 Å². The Morgan fingerprint density at radius 2 is 1.73 bits per heavy atom. The topological polar surface area (TPSA) is 58.6 Å². The number of methoxy groups -OCH3 is 1. The van der Waals surface area contributed by atoms with Gasteiger partial charge in [-0.15, -0.1) is 0 Å². The van der Waals surface area contributed by atoms with Gasteiger partial charge in [0.05, 0.1) is 23.7 Å². The fourth-order valence-corrected chi connectivity index (χ4v) is 3.09. The molecule has 0 radical (unpaired) electrons. The van der Waals surface area contributed by atoms with Crippen LogP contribution in [0.25, 0.3) is 0 Å². The Bertz CT molecular complexity index is 830. The summed E-state index contributed by atoms with van der Waals surface area (Å²) in [5, 5.41) is 3.29.